The van der Waals surface area contributed by atoms with E-state index in [2.05, 4.69) is 5.32 Å². The third-order valence-corrected chi connectivity index (χ3v) is 4.79. The number of anilines is 1. The van der Waals surface area contributed by atoms with E-state index in [-0.39, 0.29) is 17.5 Å². The van der Waals surface area contributed by atoms with E-state index in [4.69, 9.17) is 0 Å². The molecule has 24 heavy (non-hydrogen) atoms. The van der Waals surface area contributed by atoms with Gasteiger partial charge < -0.3 is 5.32 Å². The van der Waals surface area contributed by atoms with Crippen molar-refractivity contribution in [1.82, 2.24) is 0 Å². The van der Waals surface area contributed by atoms with Crippen LogP contribution in [0, 0.1) is 17.6 Å². The number of benzene rings is 2. The summed E-state index contributed by atoms with van der Waals surface area (Å²) in [6, 6.07) is 12.6. The van der Waals surface area contributed by atoms with Crippen molar-refractivity contribution in [2.45, 2.75) is 38.0 Å². The van der Waals surface area contributed by atoms with Crippen molar-refractivity contribution in [2.75, 3.05) is 5.32 Å². The first kappa shape index (κ1) is 16.6. The van der Waals surface area contributed by atoms with Crippen LogP contribution in [0.3, 0.4) is 0 Å². The summed E-state index contributed by atoms with van der Waals surface area (Å²) in [4.78, 5) is 12.1. The molecule has 2 aromatic rings. The highest BCUT2D eigenvalue weighted by molar-refractivity contribution is 5.90. The summed E-state index contributed by atoms with van der Waals surface area (Å²) in [5.74, 6) is 0.299. The van der Waals surface area contributed by atoms with Crippen LogP contribution in [0.1, 0.15) is 43.6 Å². The summed E-state index contributed by atoms with van der Waals surface area (Å²) in [6.07, 6.45) is 4.55. The number of amides is 1. The lowest BCUT2D eigenvalue weighted by molar-refractivity contribution is -0.117. The molecule has 0 heterocycles. The molecule has 1 aliphatic carbocycles. The maximum atomic E-state index is 13.0. The van der Waals surface area contributed by atoms with Crippen LogP contribution in [0.2, 0.25) is 0 Å². The van der Waals surface area contributed by atoms with Gasteiger partial charge in [-0.05, 0) is 79.5 Å². The standard InChI is InChI=1S/C20H21F2NO/c21-17-7-5-16(6-8-17)15-3-1-14(2-4-15)13-20(24)23-19-11-9-18(22)10-12-19/h5-12,14-15H,1-4,13H2,(H,23,24)/t14-,15+. The molecule has 3 rings (SSSR count). The van der Waals surface area contributed by atoms with Crippen molar-refractivity contribution in [2.24, 2.45) is 5.92 Å². The van der Waals surface area contributed by atoms with E-state index in [1.807, 2.05) is 12.1 Å². The van der Waals surface area contributed by atoms with Gasteiger partial charge in [-0.15, -0.1) is 0 Å². The second kappa shape index (κ2) is 7.56. The molecule has 1 N–H and O–H groups in total. The highest BCUT2D eigenvalue weighted by Gasteiger charge is 2.24. The van der Waals surface area contributed by atoms with Crippen LogP contribution < -0.4 is 5.32 Å². The van der Waals surface area contributed by atoms with Gasteiger partial charge in [0.25, 0.3) is 0 Å². The third kappa shape index (κ3) is 4.40. The lowest BCUT2D eigenvalue weighted by atomic mass is 9.77. The molecular formula is C20H21F2NO. The van der Waals surface area contributed by atoms with E-state index in [1.54, 1.807) is 12.1 Å². The molecule has 0 bridgehead atoms. The molecule has 1 amide bonds. The fourth-order valence-electron chi connectivity index (χ4n) is 3.44. The van der Waals surface area contributed by atoms with Gasteiger partial charge in [0, 0.05) is 12.1 Å². The highest BCUT2D eigenvalue weighted by atomic mass is 19.1. The van der Waals surface area contributed by atoms with Gasteiger partial charge in [-0.3, -0.25) is 4.79 Å². The Kier molecular flexibility index (Phi) is 5.24. The van der Waals surface area contributed by atoms with E-state index >= 15 is 0 Å². The van der Waals surface area contributed by atoms with E-state index in [0.29, 0.717) is 23.9 Å². The molecule has 0 spiro atoms. The van der Waals surface area contributed by atoms with Crippen molar-refractivity contribution in [3.63, 3.8) is 0 Å². The molecule has 2 aromatic carbocycles. The number of rotatable bonds is 4. The van der Waals surface area contributed by atoms with Crippen LogP contribution in [0.15, 0.2) is 48.5 Å². The van der Waals surface area contributed by atoms with Crippen LogP contribution in [-0.4, -0.2) is 5.91 Å². The maximum Gasteiger partial charge on any atom is 0.224 e. The van der Waals surface area contributed by atoms with Crippen LogP contribution >= 0.6 is 0 Å². The molecule has 1 fully saturated rings. The van der Waals surface area contributed by atoms with Gasteiger partial charge in [0.1, 0.15) is 11.6 Å². The van der Waals surface area contributed by atoms with Crippen molar-refractivity contribution in [3.8, 4) is 0 Å². The molecule has 1 aliphatic rings. The normalized spacial score (nSPS) is 20.6. The molecule has 2 nitrogen and oxygen atoms in total. The quantitative estimate of drug-likeness (QED) is 0.813. The van der Waals surface area contributed by atoms with Crippen LogP contribution in [-0.2, 0) is 4.79 Å². The summed E-state index contributed by atoms with van der Waals surface area (Å²) < 4.78 is 25.9. The van der Waals surface area contributed by atoms with Gasteiger partial charge in [0.2, 0.25) is 5.91 Å². The minimum atomic E-state index is -0.313. The summed E-state index contributed by atoms with van der Waals surface area (Å²) in [7, 11) is 0. The number of halogens is 2. The number of nitrogens with one attached hydrogen (secondary N) is 1. The average molecular weight is 329 g/mol. The van der Waals surface area contributed by atoms with Gasteiger partial charge in [0.15, 0.2) is 0 Å². The van der Waals surface area contributed by atoms with Crippen LogP contribution in [0.4, 0.5) is 14.5 Å². The van der Waals surface area contributed by atoms with E-state index in [9.17, 15) is 13.6 Å². The zero-order chi connectivity index (χ0) is 16.9. The van der Waals surface area contributed by atoms with Crippen LogP contribution in [0.25, 0.3) is 0 Å². The molecule has 0 radical (unpaired) electrons. The zero-order valence-corrected chi connectivity index (χ0v) is 13.5. The average Bonchev–Trinajstić information content (AvgIpc) is 2.58. The molecular weight excluding hydrogens is 308 g/mol. The first-order chi connectivity index (χ1) is 11.6. The van der Waals surface area contributed by atoms with Gasteiger partial charge >= 0.3 is 0 Å². The second-order valence-electron chi connectivity index (χ2n) is 6.53. The molecule has 0 unspecified atom stereocenters. The summed E-state index contributed by atoms with van der Waals surface area (Å²) in [5, 5.41) is 2.82. The minimum absolute atomic E-state index is 0.0214. The Morgan fingerprint density at radius 2 is 1.42 bits per heavy atom. The lowest BCUT2D eigenvalue weighted by Crippen LogP contribution is -2.20. The Bertz CT molecular complexity index is 674. The molecule has 126 valence electrons. The largest absolute Gasteiger partial charge is 0.326 e. The smallest absolute Gasteiger partial charge is 0.224 e. The Labute approximate surface area is 140 Å². The summed E-state index contributed by atoms with van der Waals surface area (Å²) in [5.41, 5.74) is 1.81. The first-order valence-corrected chi connectivity index (χ1v) is 8.41. The van der Waals surface area contributed by atoms with E-state index in [0.717, 1.165) is 25.7 Å². The topological polar surface area (TPSA) is 29.1 Å². The summed E-state index contributed by atoms with van der Waals surface area (Å²) in [6.45, 7) is 0. The lowest BCUT2D eigenvalue weighted by Gasteiger charge is -2.28. The highest BCUT2D eigenvalue weighted by Crippen LogP contribution is 2.37. The molecule has 0 saturated heterocycles. The number of hydrogen-bond donors (Lipinski definition) is 1. The van der Waals surface area contributed by atoms with E-state index in [1.165, 1.54) is 29.8 Å². The predicted octanol–water partition coefficient (Wildman–Crippen LogP) is 5.27. The van der Waals surface area contributed by atoms with Crippen molar-refractivity contribution >= 4 is 11.6 Å². The Morgan fingerprint density at radius 1 is 0.875 bits per heavy atom. The van der Waals surface area contributed by atoms with Crippen LogP contribution in [0.5, 0.6) is 0 Å². The number of carbonyl (C=O) groups excluding carboxylic acids is 1. The van der Waals surface area contributed by atoms with Gasteiger partial charge in [-0.1, -0.05) is 12.1 Å². The Balaban J connectivity index is 1.47. The first-order valence-electron chi connectivity index (χ1n) is 8.41. The fraction of sp³-hybridized carbons (Fsp3) is 0.350. The minimum Gasteiger partial charge on any atom is -0.326 e. The predicted molar refractivity (Wildman–Crippen MR) is 90.7 cm³/mol. The number of carbonyl (C=O) groups is 1. The van der Waals surface area contributed by atoms with Gasteiger partial charge in [-0.25, -0.2) is 8.78 Å². The fourth-order valence-corrected chi connectivity index (χ4v) is 3.44. The van der Waals surface area contributed by atoms with E-state index < -0.39 is 0 Å². The third-order valence-electron chi connectivity index (χ3n) is 4.79. The maximum absolute atomic E-state index is 13.0. The van der Waals surface area contributed by atoms with Gasteiger partial charge in [0.05, 0.1) is 0 Å². The molecule has 4 heteroatoms. The molecule has 0 aromatic heterocycles. The second-order valence-corrected chi connectivity index (χ2v) is 6.53. The number of hydrogen-bond acceptors (Lipinski definition) is 1. The Hall–Kier alpha value is -2.23. The van der Waals surface area contributed by atoms with Gasteiger partial charge in [-0.2, -0.15) is 0 Å². The van der Waals surface area contributed by atoms with Crippen molar-refractivity contribution in [1.29, 1.82) is 0 Å². The Morgan fingerprint density at radius 3 is 2.00 bits per heavy atom. The van der Waals surface area contributed by atoms with Crippen molar-refractivity contribution < 1.29 is 13.6 Å². The molecule has 0 atom stereocenters. The monoisotopic (exact) mass is 329 g/mol. The molecule has 0 aliphatic heterocycles. The summed E-state index contributed by atoms with van der Waals surface area (Å²) >= 11 is 0. The zero-order valence-electron chi connectivity index (χ0n) is 13.5. The molecule has 1 saturated carbocycles. The van der Waals surface area contributed by atoms with Crippen molar-refractivity contribution in [3.05, 3.63) is 65.7 Å². The SMILES string of the molecule is O=C(C[C@H]1CC[C@@H](c2ccc(F)cc2)CC1)Nc1ccc(F)cc1.